The van der Waals surface area contributed by atoms with Crippen LogP contribution in [0, 0.1) is 5.92 Å². The normalized spacial score (nSPS) is 15.6. The average Bonchev–Trinajstić information content (AvgIpc) is 3.60. The number of fused-ring (bicyclic) bond motifs is 2. The summed E-state index contributed by atoms with van der Waals surface area (Å²) >= 11 is 0. The second-order valence-corrected chi connectivity index (χ2v) is 9.80. The largest absolute Gasteiger partial charge is 0.494 e. The number of benzene rings is 2. The van der Waals surface area contributed by atoms with Gasteiger partial charge in [0.2, 0.25) is 5.89 Å². The van der Waals surface area contributed by atoms with Gasteiger partial charge in [-0.2, -0.15) is 17.7 Å². The first-order chi connectivity index (χ1) is 20.2. The van der Waals surface area contributed by atoms with Crippen LogP contribution in [0.25, 0.3) is 44.9 Å². The maximum Gasteiger partial charge on any atom is 0.433 e. The molecule has 1 aliphatic carbocycles. The number of oxazole rings is 1. The molecule has 0 amide bonds. The highest BCUT2D eigenvalue weighted by Gasteiger charge is 2.39. The number of H-pyrrole nitrogens is 1. The van der Waals surface area contributed by atoms with E-state index in [9.17, 15) is 22.8 Å². The summed E-state index contributed by atoms with van der Waals surface area (Å²) in [4.78, 5) is 35.6. The number of hydrogen-bond acceptors (Lipinski definition) is 7. The number of nitrogens with zero attached hydrogens (tertiary/aromatic N) is 3. The van der Waals surface area contributed by atoms with Crippen molar-refractivity contribution in [2.75, 3.05) is 13.7 Å². The zero-order valence-corrected chi connectivity index (χ0v) is 22.6. The van der Waals surface area contributed by atoms with E-state index in [0.717, 1.165) is 4.52 Å². The second-order valence-electron chi connectivity index (χ2n) is 9.80. The van der Waals surface area contributed by atoms with E-state index in [1.165, 1.54) is 19.2 Å². The molecule has 2 aromatic carbocycles. The quantitative estimate of drug-likeness (QED) is 0.236. The van der Waals surface area contributed by atoms with Gasteiger partial charge in [0.05, 0.1) is 30.9 Å². The van der Waals surface area contributed by atoms with Crippen LogP contribution in [-0.4, -0.2) is 39.3 Å². The number of esters is 1. The van der Waals surface area contributed by atoms with Crippen molar-refractivity contribution in [3.8, 4) is 28.3 Å². The molecule has 0 radical (unpaired) electrons. The van der Waals surface area contributed by atoms with Gasteiger partial charge in [-0.1, -0.05) is 42.5 Å². The third-order valence-corrected chi connectivity index (χ3v) is 7.28. The number of rotatable bonds is 6. The average molecular weight is 579 g/mol. The van der Waals surface area contributed by atoms with Crippen LogP contribution in [0.2, 0.25) is 0 Å². The summed E-state index contributed by atoms with van der Waals surface area (Å²) in [5.41, 5.74) is -0.854. The lowest BCUT2D eigenvalue weighted by atomic mass is 9.87. The van der Waals surface area contributed by atoms with Gasteiger partial charge in [-0.05, 0) is 49.5 Å². The van der Waals surface area contributed by atoms with Crippen molar-refractivity contribution in [3.63, 3.8) is 0 Å². The van der Waals surface area contributed by atoms with E-state index >= 15 is 0 Å². The van der Waals surface area contributed by atoms with Gasteiger partial charge in [0.25, 0.3) is 5.56 Å². The van der Waals surface area contributed by atoms with Crippen LogP contribution in [0.1, 0.15) is 37.6 Å². The minimum Gasteiger partial charge on any atom is -0.494 e. The van der Waals surface area contributed by atoms with Crippen molar-refractivity contribution < 1.29 is 31.9 Å². The fraction of sp³-hybridized carbons (Fsp3) is 0.267. The molecule has 0 bridgehead atoms. The minimum atomic E-state index is -4.81. The van der Waals surface area contributed by atoms with Gasteiger partial charge < -0.3 is 13.9 Å². The minimum absolute atomic E-state index is 0.110. The molecular weight excluding hydrogens is 553 g/mol. The fourth-order valence-electron chi connectivity index (χ4n) is 5.30. The molecule has 216 valence electrons. The smallest absolute Gasteiger partial charge is 0.433 e. The molecule has 1 aliphatic rings. The monoisotopic (exact) mass is 578 g/mol. The highest BCUT2D eigenvalue weighted by molar-refractivity contribution is 5.87. The van der Waals surface area contributed by atoms with E-state index in [4.69, 9.17) is 13.9 Å². The summed E-state index contributed by atoms with van der Waals surface area (Å²) in [6.45, 7) is 1.98. The third kappa shape index (κ3) is 4.62. The van der Waals surface area contributed by atoms with Gasteiger partial charge >= 0.3 is 12.1 Å². The van der Waals surface area contributed by atoms with Crippen LogP contribution in [0.5, 0.6) is 5.75 Å². The van der Waals surface area contributed by atoms with Crippen molar-refractivity contribution in [2.24, 2.45) is 5.92 Å². The summed E-state index contributed by atoms with van der Waals surface area (Å²) in [7, 11) is 1.46. The lowest BCUT2D eigenvalue weighted by Crippen LogP contribution is -2.23. The molecule has 0 fully saturated rings. The molecular formula is C30H25F3N4O5. The van der Waals surface area contributed by atoms with Gasteiger partial charge in [0, 0.05) is 0 Å². The molecule has 12 heteroatoms. The summed E-state index contributed by atoms with van der Waals surface area (Å²) in [5.74, 6) is -0.416. The summed E-state index contributed by atoms with van der Waals surface area (Å²) in [5, 5.41) is 2.25. The van der Waals surface area contributed by atoms with Crippen LogP contribution in [-0.2, 0) is 15.7 Å². The van der Waals surface area contributed by atoms with E-state index < -0.39 is 17.4 Å². The topological polar surface area (TPSA) is 112 Å². The fourth-order valence-corrected chi connectivity index (χ4v) is 5.30. The molecule has 1 N–H and O–H groups in total. The predicted octanol–water partition coefficient (Wildman–Crippen LogP) is 6.27. The number of carbonyl (C=O) groups is 1. The number of allylic oxidation sites excluding steroid dienone is 2. The van der Waals surface area contributed by atoms with Gasteiger partial charge in [0.15, 0.2) is 16.7 Å². The van der Waals surface area contributed by atoms with Crippen LogP contribution >= 0.6 is 0 Å². The molecule has 1 atom stereocenters. The Hall–Kier alpha value is -4.87. The number of aromatic amines is 1. The third-order valence-electron chi connectivity index (χ3n) is 7.28. The van der Waals surface area contributed by atoms with Crippen LogP contribution in [0.15, 0.2) is 63.8 Å². The Kier molecular flexibility index (Phi) is 6.83. The highest BCUT2D eigenvalue weighted by atomic mass is 19.4. The van der Waals surface area contributed by atoms with Crippen molar-refractivity contribution >= 4 is 28.3 Å². The molecule has 3 heterocycles. The lowest BCUT2D eigenvalue weighted by Gasteiger charge is -2.21. The Morgan fingerprint density at radius 1 is 1.12 bits per heavy atom. The van der Waals surface area contributed by atoms with E-state index in [0.29, 0.717) is 41.7 Å². The second kappa shape index (κ2) is 10.5. The summed E-state index contributed by atoms with van der Waals surface area (Å²) in [6.07, 6.45) is -1.97. The Bertz CT molecular complexity index is 1900. The number of methoxy groups -OCH3 is 1. The number of para-hydroxylation sites is 1. The number of hydrogen-bond donors (Lipinski definition) is 1. The molecule has 1 unspecified atom stereocenters. The Balaban J connectivity index is 1.64. The number of aromatic nitrogens is 4. The van der Waals surface area contributed by atoms with Crippen LogP contribution in [0.3, 0.4) is 0 Å². The standard InChI is InChI=1S/C30H25F3N4O5/c1-3-41-29(39)18-14-12-17(13-15-18)23-22(27-35-24-19(40-2)10-7-11-20(24)42-27)28(38)37-26(34-23)21(16-8-5-4-6-9-16)25(36-37)30(31,32)33/h4-12,18,36H,3,13-15H2,1-2H3. The van der Waals surface area contributed by atoms with E-state index in [2.05, 4.69) is 15.1 Å². The Labute approximate surface area is 236 Å². The maximum absolute atomic E-state index is 14.3. The van der Waals surface area contributed by atoms with Crippen molar-refractivity contribution in [1.82, 2.24) is 19.6 Å². The Morgan fingerprint density at radius 3 is 2.57 bits per heavy atom. The van der Waals surface area contributed by atoms with Gasteiger partial charge in [-0.3, -0.25) is 14.7 Å². The number of alkyl halides is 3. The number of ether oxygens (including phenoxy) is 2. The number of nitrogens with one attached hydrogen (secondary N) is 1. The molecule has 3 aromatic heterocycles. The zero-order valence-electron chi connectivity index (χ0n) is 22.6. The molecule has 42 heavy (non-hydrogen) atoms. The SMILES string of the molecule is CCOC(=O)C1CC=C(c2nc3c(-c4ccccc4)c(C(F)(F)F)[nH]n3c(=O)c2-c2nc3c(OC)cccc3o2)CC1. The van der Waals surface area contributed by atoms with Crippen molar-refractivity contribution in [3.05, 3.63) is 76.3 Å². The first kappa shape index (κ1) is 27.3. The molecule has 9 nitrogen and oxygen atoms in total. The maximum atomic E-state index is 14.3. The van der Waals surface area contributed by atoms with Gasteiger partial charge in [-0.25, -0.2) is 9.97 Å². The molecule has 0 saturated heterocycles. The Morgan fingerprint density at radius 2 is 1.90 bits per heavy atom. The van der Waals surface area contributed by atoms with Gasteiger partial charge in [-0.15, -0.1) is 0 Å². The van der Waals surface area contributed by atoms with Crippen molar-refractivity contribution in [2.45, 2.75) is 32.4 Å². The lowest BCUT2D eigenvalue weighted by molar-refractivity contribution is -0.148. The molecule has 6 rings (SSSR count). The molecule has 5 aromatic rings. The first-order valence-electron chi connectivity index (χ1n) is 13.3. The van der Waals surface area contributed by atoms with Crippen molar-refractivity contribution in [1.29, 1.82) is 0 Å². The molecule has 0 spiro atoms. The number of halogens is 3. The van der Waals surface area contributed by atoms with E-state index in [-0.39, 0.29) is 52.4 Å². The summed E-state index contributed by atoms with van der Waals surface area (Å²) in [6, 6.07) is 13.0. The predicted molar refractivity (Wildman–Crippen MR) is 148 cm³/mol. The highest BCUT2D eigenvalue weighted by Crippen LogP contribution is 2.41. The van der Waals surface area contributed by atoms with Crippen LogP contribution in [0.4, 0.5) is 13.2 Å². The number of carbonyl (C=O) groups excluding carboxylic acids is 1. The molecule has 0 aliphatic heterocycles. The van der Waals surface area contributed by atoms with Crippen LogP contribution < -0.4 is 10.3 Å². The summed E-state index contributed by atoms with van der Waals surface area (Å²) < 4.78 is 60.2. The molecule has 0 saturated carbocycles. The first-order valence-corrected chi connectivity index (χ1v) is 13.3. The van der Waals surface area contributed by atoms with Gasteiger partial charge in [0.1, 0.15) is 17.0 Å². The zero-order chi connectivity index (χ0) is 29.6. The van der Waals surface area contributed by atoms with E-state index in [1.807, 2.05) is 0 Å². The van der Waals surface area contributed by atoms with E-state index in [1.54, 1.807) is 49.4 Å².